The quantitative estimate of drug-likeness (QED) is 0.693. The number of carbonyl (C=O) groups is 1. The molecule has 0 aliphatic rings. The molecule has 66 valence electrons. The first-order valence-corrected chi connectivity index (χ1v) is 4.16. The first-order chi connectivity index (χ1) is 6.27. The van der Waals surface area contributed by atoms with E-state index >= 15 is 0 Å². The van der Waals surface area contributed by atoms with Crippen molar-refractivity contribution < 1.29 is 4.79 Å². The molecule has 2 aromatic rings. The zero-order valence-corrected chi connectivity index (χ0v) is 7.40. The smallest absolute Gasteiger partial charge is 0.149 e. The summed E-state index contributed by atoms with van der Waals surface area (Å²) in [6.07, 6.45) is 3.62. The van der Waals surface area contributed by atoms with Gasteiger partial charge in [-0.25, -0.2) is 4.98 Å². The standard InChI is InChI=1S/C10H10N2O/c1-8(13)7-12-6-4-9-3-2-5-11-10(9)12/h2-6H,7H2,1H3. The molecule has 2 aromatic heterocycles. The van der Waals surface area contributed by atoms with Gasteiger partial charge >= 0.3 is 0 Å². The fourth-order valence-electron chi connectivity index (χ4n) is 1.39. The maximum Gasteiger partial charge on any atom is 0.149 e. The van der Waals surface area contributed by atoms with Crippen molar-refractivity contribution in [1.82, 2.24) is 9.55 Å². The normalized spacial score (nSPS) is 10.5. The molecule has 0 aliphatic carbocycles. The minimum Gasteiger partial charge on any atom is -0.325 e. The van der Waals surface area contributed by atoms with E-state index in [1.54, 1.807) is 13.1 Å². The molecule has 0 fully saturated rings. The van der Waals surface area contributed by atoms with E-state index < -0.39 is 0 Å². The lowest BCUT2D eigenvalue weighted by Crippen LogP contribution is -2.04. The Bertz CT molecular complexity index is 445. The topological polar surface area (TPSA) is 34.9 Å². The Morgan fingerprint density at radius 2 is 2.38 bits per heavy atom. The van der Waals surface area contributed by atoms with Crippen LogP contribution in [-0.2, 0) is 11.3 Å². The van der Waals surface area contributed by atoms with Crippen LogP contribution in [0.1, 0.15) is 6.92 Å². The number of aromatic nitrogens is 2. The fourth-order valence-corrected chi connectivity index (χ4v) is 1.39. The Kier molecular flexibility index (Phi) is 1.85. The number of nitrogens with zero attached hydrogens (tertiary/aromatic N) is 2. The fraction of sp³-hybridized carbons (Fsp3) is 0.200. The molecule has 0 N–H and O–H groups in total. The van der Waals surface area contributed by atoms with Crippen LogP contribution >= 0.6 is 0 Å². The third-order valence-corrected chi connectivity index (χ3v) is 1.92. The van der Waals surface area contributed by atoms with Gasteiger partial charge in [0.05, 0.1) is 6.54 Å². The second-order valence-corrected chi connectivity index (χ2v) is 3.06. The van der Waals surface area contributed by atoms with Gasteiger partial charge in [-0.2, -0.15) is 0 Å². The average molecular weight is 174 g/mol. The second-order valence-electron chi connectivity index (χ2n) is 3.06. The third-order valence-electron chi connectivity index (χ3n) is 1.92. The number of rotatable bonds is 2. The Hall–Kier alpha value is -1.64. The predicted octanol–water partition coefficient (Wildman–Crippen LogP) is 1.63. The van der Waals surface area contributed by atoms with Crippen molar-refractivity contribution in [2.45, 2.75) is 13.5 Å². The van der Waals surface area contributed by atoms with Crippen molar-refractivity contribution in [3.8, 4) is 0 Å². The van der Waals surface area contributed by atoms with Crippen molar-refractivity contribution in [1.29, 1.82) is 0 Å². The molecule has 0 saturated heterocycles. The summed E-state index contributed by atoms with van der Waals surface area (Å²) < 4.78 is 1.86. The van der Waals surface area contributed by atoms with E-state index in [2.05, 4.69) is 4.98 Å². The number of fused-ring (bicyclic) bond motifs is 1. The Balaban J connectivity index is 2.51. The zero-order valence-electron chi connectivity index (χ0n) is 7.40. The summed E-state index contributed by atoms with van der Waals surface area (Å²) in [7, 11) is 0. The highest BCUT2D eigenvalue weighted by molar-refractivity contribution is 5.80. The Morgan fingerprint density at radius 3 is 3.15 bits per heavy atom. The van der Waals surface area contributed by atoms with Gasteiger partial charge in [0.1, 0.15) is 11.4 Å². The first-order valence-electron chi connectivity index (χ1n) is 4.16. The molecule has 13 heavy (non-hydrogen) atoms. The van der Waals surface area contributed by atoms with Crippen molar-refractivity contribution >= 4 is 16.8 Å². The van der Waals surface area contributed by atoms with Gasteiger partial charge in [-0.05, 0) is 25.1 Å². The van der Waals surface area contributed by atoms with Crippen LogP contribution in [0.2, 0.25) is 0 Å². The van der Waals surface area contributed by atoms with Crippen LogP contribution in [0.4, 0.5) is 0 Å². The van der Waals surface area contributed by atoms with Gasteiger partial charge in [-0.3, -0.25) is 4.79 Å². The lowest BCUT2D eigenvalue weighted by molar-refractivity contribution is -0.117. The minimum absolute atomic E-state index is 0.142. The number of Topliss-reactive ketones (excluding diaryl/α,β-unsaturated/α-hetero) is 1. The second kappa shape index (κ2) is 3.01. The van der Waals surface area contributed by atoms with Gasteiger partial charge in [-0.1, -0.05) is 0 Å². The molecule has 0 aliphatic heterocycles. The Morgan fingerprint density at radius 1 is 1.54 bits per heavy atom. The van der Waals surface area contributed by atoms with E-state index in [4.69, 9.17) is 0 Å². The van der Waals surface area contributed by atoms with Crippen LogP contribution in [0.3, 0.4) is 0 Å². The van der Waals surface area contributed by atoms with Crippen LogP contribution in [0, 0.1) is 0 Å². The average Bonchev–Trinajstić information content (AvgIpc) is 2.48. The summed E-state index contributed by atoms with van der Waals surface area (Å²) in [6.45, 7) is 1.98. The van der Waals surface area contributed by atoms with Crippen LogP contribution in [0.5, 0.6) is 0 Å². The molecule has 2 rings (SSSR count). The Labute approximate surface area is 76.0 Å². The number of hydrogen-bond donors (Lipinski definition) is 0. The van der Waals surface area contributed by atoms with E-state index in [1.807, 2.05) is 29.0 Å². The number of carbonyl (C=O) groups excluding carboxylic acids is 1. The maximum atomic E-state index is 10.9. The number of ketones is 1. The molecule has 3 nitrogen and oxygen atoms in total. The SMILES string of the molecule is CC(=O)Cn1ccc2cccnc21. The van der Waals surface area contributed by atoms with Gasteiger partial charge in [0.15, 0.2) is 0 Å². The van der Waals surface area contributed by atoms with E-state index in [9.17, 15) is 4.79 Å². The highest BCUT2D eigenvalue weighted by atomic mass is 16.1. The van der Waals surface area contributed by atoms with Crippen molar-refractivity contribution in [3.05, 3.63) is 30.6 Å². The molecule has 2 heterocycles. The lowest BCUT2D eigenvalue weighted by atomic mass is 10.3. The summed E-state index contributed by atoms with van der Waals surface area (Å²) in [4.78, 5) is 15.1. The summed E-state index contributed by atoms with van der Waals surface area (Å²) in [5.41, 5.74) is 0.873. The molecule has 0 atom stereocenters. The van der Waals surface area contributed by atoms with E-state index in [1.165, 1.54) is 0 Å². The summed E-state index contributed by atoms with van der Waals surface area (Å²) >= 11 is 0. The van der Waals surface area contributed by atoms with Gasteiger partial charge in [0, 0.05) is 17.8 Å². The molecule has 0 radical (unpaired) electrons. The predicted molar refractivity (Wildman–Crippen MR) is 50.4 cm³/mol. The van der Waals surface area contributed by atoms with E-state index in [0.29, 0.717) is 6.54 Å². The highest BCUT2D eigenvalue weighted by Crippen LogP contribution is 2.11. The van der Waals surface area contributed by atoms with Crippen molar-refractivity contribution in [2.75, 3.05) is 0 Å². The zero-order chi connectivity index (χ0) is 9.26. The minimum atomic E-state index is 0.142. The molecule has 3 heteroatoms. The van der Waals surface area contributed by atoms with Crippen molar-refractivity contribution in [2.24, 2.45) is 0 Å². The molecule has 0 bridgehead atoms. The van der Waals surface area contributed by atoms with Crippen LogP contribution in [0.15, 0.2) is 30.6 Å². The van der Waals surface area contributed by atoms with Gasteiger partial charge < -0.3 is 4.57 Å². The lowest BCUT2D eigenvalue weighted by Gasteiger charge is -1.99. The van der Waals surface area contributed by atoms with Crippen LogP contribution in [0.25, 0.3) is 11.0 Å². The molecule has 0 aromatic carbocycles. The van der Waals surface area contributed by atoms with Crippen LogP contribution < -0.4 is 0 Å². The number of hydrogen-bond acceptors (Lipinski definition) is 2. The van der Waals surface area contributed by atoms with E-state index in [-0.39, 0.29) is 5.78 Å². The molecular weight excluding hydrogens is 164 g/mol. The van der Waals surface area contributed by atoms with Gasteiger partial charge in [0.2, 0.25) is 0 Å². The van der Waals surface area contributed by atoms with Gasteiger partial charge in [0.25, 0.3) is 0 Å². The summed E-state index contributed by atoms with van der Waals surface area (Å²) in [5, 5.41) is 1.07. The summed E-state index contributed by atoms with van der Waals surface area (Å²) in [5.74, 6) is 0.142. The largest absolute Gasteiger partial charge is 0.325 e. The molecule has 0 saturated carbocycles. The van der Waals surface area contributed by atoms with E-state index in [0.717, 1.165) is 11.0 Å². The monoisotopic (exact) mass is 174 g/mol. The summed E-state index contributed by atoms with van der Waals surface area (Å²) in [6, 6.07) is 5.84. The van der Waals surface area contributed by atoms with Crippen molar-refractivity contribution in [3.63, 3.8) is 0 Å². The molecule has 0 spiro atoms. The third kappa shape index (κ3) is 1.45. The first kappa shape index (κ1) is 7.98. The number of pyridine rings is 1. The maximum absolute atomic E-state index is 10.9. The molecule has 0 unspecified atom stereocenters. The van der Waals surface area contributed by atoms with Crippen LogP contribution in [-0.4, -0.2) is 15.3 Å². The molecule has 0 amide bonds. The van der Waals surface area contributed by atoms with Gasteiger partial charge in [-0.15, -0.1) is 0 Å². The molecular formula is C10H10N2O. The highest BCUT2D eigenvalue weighted by Gasteiger charge is 2.02.